The molecular formula is C9H20N2O. The Hall–Kier alpha value is -0.570. The first kappa shape index (κ1) is 11.4. The first-order valence-electron chi connectivity index (χ1n) is 4.44. The highest BCUT2D eigenvalue weighted by Crippen LogP contribution is 2.01. The molecule has 1 atom stereocenters. The van der Waals surface area contributed by atoms with Crippen LogP contribution in [0, 0.1) is 0 Å². The number of likely N-dealkylation sites (N-methyl/N-ethyl adjacent to an activating group) is 1. The van der Waals surface area contributed by atoms with Crippen molar-refractivity contribution < 1.29 is 4.79 Å². The molecule has 0 aliphatic carbocycles. The molecule has 2 N–H and O–H groups in total. The number of carbonyl (C=O) groups is 1. The maximum absolute atomic E-state index is 11.5. The van der Waals surface area contributed by atoms with Crippen LogP contribution in [-0.4, -0.2) is 24.5 Å². The second kappa shape index (κ2) is 4.45. The van der Waals surface area contributed by atoms with Gasteiger partial charge in [0.25, 0.3) is 0 Å². The van der Waals surface area contributed by atoms with Crippen LogP contribution in [0.1, 0.15) is 34.1 Å². The minimum Gasteiger partial charge on any atom is -0.352 e. The SMILES string of the molecule is CCC(C)NC(=O)C(C)(C)NC. The molecule has 0 saturated heterocycles. The van der Waals surface area contributed by atoms with Crippen LogP contribution < -0.4 is 10.6 Å². The van der Waals surface area contributed by atoms with Crippen LogP contribution in [0.25, 0.3) is 0 Å². The van der Waals surface area contributed by atoms with Crippen LogP contribution in [0.15, 0.2) is 0 Å². The monoisotopic (exact) mass is 172 g/mol. The smallest absolute Gasteiger partial charge is 0.239 e. The number of nitrogens with one attached hydrogen (secondary N) is 2. The molecule has 0 aliphatic heterocycles. The zero-order chi connectivity index (χ0) is 9.78. The fourth-order valence-electron chi connectivity index (χ4n) is 0.620. The minimum absolute atomic E-state index is 0.0550. The van der Waals surface area contributed by atoms with Crippen LogP contribution in [-0.2, 0) is 4.79 Å². The predicted octanol–water partition coefficient (Wildman–Crippen LogP) is 0.899. The van der Waals surface area contributed by atoms with E-state index in [0.717, 1.165) is 6.42 Å². The Morgan fingerprint density at radius 2 is 2.00 bits per heavy atom. The summed E-state index contributed by atoms with van der Waals surface area (Å²) in [7, 11) is 1.79. The van der Waals surface area contributed by atoms with Gasteiger partial charge in [-0.05, 0) is 34.2 Å². The van der Waals surface area contributed by atoms with Crippen LogP contribution in [0.5, 0.6) is 0 Å². The van der Waals surface area contributed by atoms with Crippen molar-refractivity contribution >= 4 is 5.91 Å². The molecule has 0 bridgehead atoms. The highest BCUT2D eigenvalue weighted by atomic mass is 16.2. The van der Waals surface area contributed by atoms with Gasteiger partial charge < -0.3 is 10.6 Å². The molecule has 72 valence electrons. The summed E-state index contributed by atoms with van der Waals surface area (Å²) < 4.78 is 0. The van der Waals surface area contributed by atoms with Gasteiger partial charge in [-0.2, -0.15) is 0 Å². The topological polar surface area (TPSA) is 41.1 Å². The Kier molecular flexibility index (Phi) is 4.24. The molecule has 0 saturated carbocycles. The van der Waals surface area contributed by atoms with Gasteiger partial charge in [-0.25, -0.2) is 0 Å². The Morgan fingerprint density at radius 1 is 1.50 bits per heavy atom. The summed E-state index contributed by atoms with van der Waals surface area (Å²) in [5, 5.41) is 5.88. The normalized spacial score (nSPS) is 14.1. The Bertz CT molecular complexity index is 155. The zero-order valence-electron chi connectivity index (χ0n) is 8.69. The maximum Gasteiger partial charge on any atom is 0.239 e. The lowest BCUT2D eigenvalue weighted by molar-refractivity contribution is -0.126. The Labute approximate surface area is 74.9 Å². The number of rotatable bonds is 4. The second-order valence-corrected chi connectivity index (χ2v) is 3.66. The van der Waals surface area contributed by atoms with Gasteiger partial charge in [0.1, 0.15) is 0 Å². The average molecular weight is 172 g/mol. The van der Waals surface area contributed by atoms with Crippen LogP contribution >= 0.6 is 0 Å². The fourth-order valence-corrected chi connectivity index (χ4v) is 0.620. The molecule has 3 heteroatoms. The summed E-state index contributed by atoms with van der Waals surface area (Å²) in [6.45, 7) is 7.79. The van der Waals surface area contributed by atoms with E-state index in [4.69, 9.17) is 0 Å². The Balaban J connectivity index is 4.03. The maximum atomic E-state index is 11.5. The highest BCUT2D eigenvalue weighted by molar-refractivity contribution is 5.85. The van der Waals surface area contributed by atoms with Crippen LogP contribution in [0.4, 0.5) is 0 Å². The van der Waals surface area contributed by atoms with Gasteiger partial charge in [0.2, 0.25) is 5.91 Å². The number of hydrogen-bond donors (Lipinski definition) is 2. The lowest BCUT2D eigenvalue weighted by Gasteiger charge is -2.24. The van der Waals surface area contributed by atoms with Crippen molar-refractivity contribution in [3.63, 3.8) is 0 Å². The Morgan fingerprint density at radius 3 is 2.33 bits per heavy atom. The number of carbonyl (C=O) groups excluding carboxylic acids is 1. The van der Waals surface area contributed by atoms with E-state index in [1.807, 2.05) is 20.8 Å². The standard InChI is InChI=1S/C9H20N2O/c1-6-7(2)11-8(12)9(3,4)10-5/h7,10H,6H2,1-5H3,(H,11,12). The molecule has 1 amide bonds. The van der Waals surface area contributed by atoms with E-state index in [-0.39, 0.29) is 11.9 Å². The molecule has 0 rings (SSSR count). The minimum atomic E-state index is -0.469. The third-order valence-electron chi connectivity index (χ3n) is 2.18. The molecule has 0 aromatic heterocycles. The molecule has 0 radical (unpaired) electrons. The quantitative estimate of drug-likeness (QED) is 0.661. The molecule has 12 heavy (non-hydrogen) atoms. The van der Waals surface area contributed by atoms with E-state index in [9.17, 15) is 4.79 Å². The van der Waals surface area contributed by atoms with Crippen molar-refractivity contribution in [3.05, 3.63) is 0 Å². The molecule has 0 spiro atoms. The number of hydrogen-bond acceptors (Lipinski definition) is 2. The summed E-state index contributed by atoms with van der Waals surface area (Å²) in [6, 6.07) is 0.255. The predicted molar refractivity (Wildman–Crippen MR) is 51.0 cm³/mol. The number of amides is 1. The highest BCUT2D eigenvalue weighted by Gasteiger charge is 2.25. The van der Waals surface area contributed by atoms with Gasteiger partial charge in [0.15, 0.2) is 0 Å². The molecule has 0 aromatic rings. The molecule has 0 aromatic carbocycles. The van der Waals surface area contributed by atoms with Gasteiger partial charge in [-0.15, -0.1) is 0 Å². The summed E-state index contributed by atoms with van der Waals surface area (Å²) in [6.07, 6.45) is 0.964. The van der Waals surface area contributed by atoms with Crippen molar-refractivity contribution in [3.8, 4) is 0 Å². The first-order chi connectivity index (χ1) is 5.44. The van der Waals surface area contributed by atoms with Gasteiger partial charge >= 0.3 is 0 Å². The van der Waals surface area contributed by atoms with Gasteiger partial charge in [-0.1, -0.05) is 6.92 Å². The third-order valence-corrected chi connectivity index (χ3v) is 2.18. The summed E-state index contributed by atoms with van der Waals surface area (Å²) in [5.41, 5.74) is -0.469. The largest absolute Gasteiger partial charge is 0.352 e. The average Bonchev–Trinajstić information content (AvgIpc) is 2.04. The van der Waals surface area contributed by atoms with E-state index in [2.05, 4.69) is 17.6 Å². The second-order valence-electron chi connectivity index (χ2n) is 3.66. The van der Waals surface area contributed by atoms with Crippen molar-refractivity contribution in [2.45, 2.75) is 45.7 Å². The summed E-state index contributed by atoms with van der Waals surface area (Å²) >= 11 is 0. The summed E-state index contributed by atoms with van der Waals surface area (Å²) in [4.78, 5) is 11.5. The molecule has 0 heterocycles. The van der Waals surface area contributed by atoms with Crippen molar-refractivity contribution in [1.82, 2.24) is 10.6 Å². The van der Waals surface area contributed by atoms with Crippen molar-refractivity contribution in [2.24, 2.45) is 0 Å². The van der Waals surface area contributed by atoms with E-state index in [0.29, 0.717) is 0 Å². The lowest BCUT2D eigenvalue weighted by atomic mass is 10.0. The molecule has 0 aliphatic rings. The van der Waals surface area contributed by atoms with Crippen LogP contribution in [0.3, 0.4) is 0 Å². The van der Waals surface area contributed by atoms with Gasteiger partial charge in [0, 0.05) is 6.04 Å². The van der Waals surface area contributed by atoms with Gasteiger partial charge in [-0.3, -0.25) is 4.79 Å². The van der Waals surface area contributed by atoms with E-state index in [1.165, 1.54) is 0 Å². The van der Waals surface area contributed by atoms with E-state index < -0.39 is 5.54 Å². The van der Waals surface area contributed by atoms with E-state index in [1.54, 1.807) is 7.05 Å². The fraction of sp³-hybridized carbons (Fsp3) is 0.889. The third kappa shape index (κ3) is 3.22. The van der Waals surface area contributed by atoms with Gasteiger partial charge in [0.05, 0.1) is 5.54 Å². The summed E-state index contributed by atoms with van der Waals surface area (Å²) in [5.74, 6) is 0.0550. The molecule has 3 nitrogen and oxygen atoms in total. The first-order valence-corrected chi connectivity index (χ1v) is 4.44. The molecular weight excluding hydrogens is 152 g/mol. The molecule has 1 unspecified atom stereocenters. The van der Waals surface area contributed by atoms with Crippen LogP contribution in [0.2, 0.25) is 0 Å². The zero-order valence-corrected chi connectivity index (χ0v) is 8.69. The van der Waals surface area contributed by atoms with Crippen molar-refractivity contribution in [2.75, 3.05) is 7.05 Å². The van der Waals surface area contributed by atoms with Crippen molar-refractivity contribution in [1.29, 1.82) is 0 Å². The van der Waals surface area contributed by atoms with E-state index >= 15 is 0 Å². The molecule has 0 fully saturated rings. The lowest BCUT2D eigenvalue weighted by Crippen LogP contribution is -2.53.